The smallest absolute Gasteiger partial charge is 0.179 e. The highest BCUT2D eigenvalue weighted by atomic mass is 16.7. The molecule has 0 aromatic rings. The molecular formula is C22H30O3. The molecule has 3 heteroatoms. The molecule has 3 nitrogen and oxygen atoms in total. The fraction of sp³-hybridized carbons (Fsp3) is 0.500. The van der Waals surface area contributed by atoms with Gasteiger partial charge < -0.3 is 9.47 Å². The van der Waals surface area contributed by atoms with Crippen LogP contribution in [0.1, 0.15) is 47.0 Å². The van der Waals surface area contributed by atoms with E-state index in [1.807, 2.05) is 56.4 Å². The molecule has 2 fully saturated rings. The number of rotatable bonds is 5. The van der Waals surface area contributed by atoms with Crippen molar-refractivity contribution in [3.8, 4) is 0 Å². The van der Waals surface area contributed by atoms with Crippen LogP contribution in [0.2, 0.25) is 0 Å². The molecule has 1 heterocycles. The topological polar surface area (TPSA) is 35.5 Å². The fourth-order valence-corrected chi connectivity index (χ4v) is 2.74. The lowest BCUT2D eigenvalue weighted by Crippen LogP contribution is -2.38. The first-order valence-electron chi connectivity index (χ1n) is 9.03. The average Bonchev–Trinajstić information content (AvgIpc) is 2.96. The zero-order chi connectivity index (χ0) is 18.3. The summed E-state index contributed by atoms with van der Waals surface area (Å²) in [5, 5.41) is 0. The van der Waals surface area contributed by atoms with Gasteiger partial charge in [-0.3, -0.25) is 4.79 Å². The molecule has 136 valence electrons. The predicted octanol–water partition coefficient (Wildman–Crippen LogP) is 5.07. The van der Waals surface area contributed by atoms with Crippen molar-refractivity contribution in [3.63, 3.8) is 0 Å². The Hall–Kier alpha value is -1.71. The van der Waals surface area contributed by atoms with E-state index in [2.05, 4.69) is 13.8 Å². The second-order valence-corrected chi connectivity index (χ2v) is 7.65. The van der Waals surface area contributed by atoms with E-state index >= 15 is 0 Å². The molecule has 0 spiro atoms. The molecule has 1 saturated heterocycles. The van der Waals surface area contributed by atoms with Gasteiger partial charge in [-0.15, -0.1) is 0 Å². The molecular weight excluding hydrogens is 312 g/mol. The van der Waals surface area contributed by atoms with E-state index in [0.717, 1.165) is 29.6 Å². The summed E-state index contributed by atoms with van der Waals surface area (Å²) in [5.41, 5.74) is 3.25. The van der Waals surface area contributed by atoms with Gasteiger partial charge in [0.25, 0.3) is 0 Å². The van der Waals surface area contributed by atoms with Crippen LogP contribution in [0.5, 0.6) is 0 Å². The predicted molar refractivity (Wildman–Crippen MR) is 102 cm³/mol. The van der Waals surface area contributed by atoms with Crippen molar-refractivity contribution in [1.29, 1.82) is 0 Å². The Morgan fingerprint density at radius 2 is 1.72 bits per heavy atom. The number of allylic oxidation sites excluding steroid dienone is 9. The second-order valence-electron chi connectivity index (χ2n) is 7.65. The molecule has 0 bridgehead atoms. The van der Waals surface area contributed by atoms with Crippen LogP contribution in [-0.4, -0.2) is 25.3 Å². The van der Waals surface area contributed by atoms with Gasteiger partial charge in [0.1, 0.15) is 0 Å². The molecule has 0 aromatic heterocycles. The van der Waals surface area contributed by atoms with Crippen LogP contribution in [0.3, 0.4) is 0 Å². The summed E-state index contributed by atoms with van der Waals surface area (Å²) in [6.45, 7) is 9.78. The molecule has 0 aromatic carbocycles. The number of ketones is 1. The number of carbonyl (C=O) groups excluding carboxylic acids is 1. The van der Waals surface area contributed by atoms with Gasteiger partial charge in [-0.1, -0.05) is 62.0 Å². The quantitative estimate of drug-likeness (QED) is 0.517. The van der Waals surface area contributed by atoms with Crippen molar-refractivity contribution in [1.82, 2.24) is 0 Å². The van der Waals surface area contributed by atoms with Crippen molar-refractivity contribution in [2.45, 2.75) is 53.2 Å². The van der Waals surface area contributed by atoms with E-state index in [1.165, 1.54) is 0 Å². The van der Waals surface area contributed by atoms with Gasteiger partial charge in [0, 0.05) is 11.8 Å². The normalized spacial score (nSPS) is 25.0. The lowest BCUT2D eigenvalue weighted by atomic mass is 9.95. The molecule has 2 rings (SSSR count). The molecule has 25 heavy (non-hydrogen) atoms. The third kappa shape index (κ3) is 6.60. The Labute approximate surface area is 151 Å². The van der Waals surface area contributed by atoms with Gasteiger partial charge in [0.15, 0.2) is 12.1 Å². The van der Waals surface area contributed by atoms with Gasteiger partial charge in [-0.2, -0.15) is 0 Å². The largest absolute Gasteiger partial charge is 0.348 e. The first-order chi connectivity index (χ1) is 11.9. The van der Waals surface area contributed by atoms with Gasteiger partial charge in [0.05, 0.1) is 13.2 Å². The number of hydrogen-bond donors (Lipinski definition) is 0. The van der Waals surface area contributed by atoms with E-state index in [9.17, 15) is 4.79 Å². The maximum Gasteiger partial charge on any atom is 0.179 e. The summed E-state index contributed by atoms with van der Waals surface area (Å²) >= 11 is 0. The SMILES string of the molecule is CC(/C=C/C=C1\CCCC1=O)=C\C=C\C=C(/C)C1OCC(C)(C)CO1. The van der Waals surface area contributed by atoms with Crippen molar-refractivity contribution < 1.29 is 14.3 Å². The highest BCUT2D eigenvalue weighted by Gasteiger charge is 2.28. The number of carbonyl (C=O) groups is 1. The van der Waals surface area contributed by atoms with Crippen molar-refractivity contribution in [2.24, 2.45) is 5.41 Å². The van der Waals surface area contributed by atoms with Crippen molar-refractivity contribution in [2.75, 3.05) is 13.2 Å². The van der Waals surface area contributed by atoms with Gasteiger partial charge in [-0.05, 0) is 37.8 Å². The molecule has 0 atom stereocenters. The van der Waals surface area contributed by atoms with Gasteiger partial charge >= 0.3 is 0 Å². The first kappa shape index (κ1) is 19.6. The Balaban J connectivity index is 1.82. The molecule has 0 N–H and O–H groups in total. The third-order valence-electron chi connectivity index (χ3n) is 4.32. The Kier molecular flexibility index (Phi) is 7.15. The molecule has 1 saturated carbocycles. The lowest BCUT2D eigenvalue weighted by molar-refractivity contribution is -0.202. The molecule has 1 aliphatic heterocycles. The second kappa shape index (κ2) is 9.12. The maximum atomic E-state index is 11.5. The lowest BCUT2D eigenvalue weighted by Gasteiger charge is -2.34. The molecule has 2 aliphatic rings. The van der Waals surface area contributed by atoms with Gasteiger partial charge in [0.2, 0.25) is 0 Å². The van der Waals surface area contributed by atoms with Crippen molar-refractivity contribution in [3.05, 3.63) is 59.3 Å². The van der Waals surface area contributed by atoms with Crippen LogP contribution >= 0.6 is 0 Å². The van der Waals surface area contributed by atoms with E-state index < -0.39 is 0 Å². The number of hydrogen-bond acceptors (Lipinski definition) is 3. The van der Waals surface area contributed by atoms with E-state index in [-0.39, 0.29) is 11.7 Å². The summed E-state index contributed by atoms with van der Waals surface area (Å²) in [6, 6.07) is 0. The summed E-state index contributed by atoms with van der Waals surface area (Å²) in [4.78, 5) is 11.5. The zero-order valence-electron chi connectivity index (χ0n) is 15.9. The standard InChI is InChI=1S/C22H30O3/c1-17(10-7-12-19-13-8-14-20(19)23)9-5-6-11-18(2)21-24-15-22(3,4)16-25-21/h5-7,9-12,21H,8,13-16H2,1-4H3/b6-5+,10-7+,17-9+,18-11+,19-12+. The van der Waals surface area contributed by atoms with Crippen LogP contribution in [0.4, 0.5) is 0 Å². The molecule has 0 radical (unpaired) electrons. The Morgan fingerprint density at radius 3 is 2.36 bits per heavy atom. The summed E-state index contributed by atoms with van der Waals surface area (Å²) in [5.74, 6) is 0.294. The highest BCUT2D eigenvalue weighted by molar-refractivity contribution is 5.97. The number of Topliss-reactive ketones (excluding diaryl/α,β-unsaturated/α-hetero) is 1. The molecule has 0 amide bonds. The third-order valence-corrected chi connectivity index (χ3v) is 4.32. The Morgan fingerprint density at radius 1 is 1.04 bits per heavy atom. The Bertz CT molecular complexity index is 620. The molecule has 1 aliphatic carbocycles. The van der Waals surface area contributed by atoms with Crippen LogP contribution in [-0.2, 0) is 14.3 Å². The van der Waals surface area contributed by atoms with Crippen LogP contribution in [0.15, 0.2) is 59.3 Å². The van der Waals surface area contributed by atoms with Crippen LogP contribution < -0.4 is 0 Å². The van der Waals surface area contributed by atoms with E-state index in [4.69, 9.17) is 9.47 Å². The highest BCUT2D eigenvalue weighted by Crippen LogP contribution is 2.25. The summed E-state index contributed by atoms with van der Waals surface area (Å²) in [6.07, 6.45) is 16.4. The first-order valence-corrected chi connectivity index (χ1v) is 9.03. The zero-order valence-corrected chi connectivity index (χ0v) is 15.9. The van der Waals surface area contributed by atoms with E-state index in [0.29, 0.717) is 25.4 Å². The van der Waals surface area contributed by atoms with E-state index in [1.54, 1.807) is 0 Å². The van der Waals surface area contributed by atoms with Gasteiger partial charge in [-0.25, -0.2) is 0 Å². The minimum atomic E-state index is -0.238. The monoisotopic (exact) mass is 342 g/mol. The summed E-state index contributed by atoms with van der Waals surface area (Å²) < 4.78 is 11.5. The van der Waals surface area contributed by atoms with Crippen LogP contribution in [0.25, 0.3) is 0 Å². The van der Waals surface area contributed by atoms with Crippen LogP contribution in [0, 0.1) is 5.41 Å². The van der Waals surface area contributed by atoms with Crippen molar-refractivity contribution >= 4 is 5.78 Å². The summed E-state index contributed by atoms with van der Waals surface area (Å²) in [7, 11) is 0. The number of ether oxygens (including phenoxy) is 2. The maximum absolute atomic E-state index is 11.5. The minimum Gasteiger partial charge on any atom is -0.348 e. The molecule has 0 unspecified atom stereocenters. The average molecular weight is 342 g/mol. The fourth-order valence-electron chi connectivity index (χ4n) is 2.74. The minimum absolute atomic E-state index is 0.0945.